The van der Waals surface area contributed by atoms with Crippen LogP contribution in [0.1, 0.15) is 47.8 Å². The molecule has 0 saturated heterocycles. The molecule has 176 valence electrons. The molecule has 2 atom stereocenters. The van der Waals surface area contributed by atoms with E-state index in [1.54, 1.807) is 38.4 Å². The van der Waals surface area contributed by atoms with Crippen molar-refractivity contribution in [2.45, 2.75) is 38.6 Å². The van der Waals surface area contributed by atoms with Crippen LogP contribution in [-0.4, -0.2) is 34.2 Å². The smallest absolute Gasteiger partial charge is 0.264 e. The molecular weight excluding hydrogens is 454 g/mol. The molecule has 0 radical (unpaired) electrons. The molecule has 9 heteroatoms. The van der Waals surface area contributed by atoms with E-state index >= 15 is 0 Å². The van der Waals surface area contributed by atoms with E-state index in [0.717, 1.165) is 36.6 Å². The summed E-state index contributed by atoms with van der Waals surface area (Å²) in [6, 6.07) is 9.10. The molecule has 3 aromatic heterocycles. The van der Waals surface area contributed by atoms with Crippen LogP contribution in [0, 0.1) is 12.8 Å². The molecule has 5 rings (SSSR count). The summed E-state index contributed by atoms with van der Waals surface area (Å²) in [6.07, 6.45) is 5.21. The van der Waals surface area contributed by atoms with E-state index in [2.05, 4.69) is 20.8 Å². The van der Waals surface area contributed by atoms with Gasteiger partial charge >= 0.3 is 0 Å². The fourth-order valence-corrected chi connectivity index (χ4v) is 5.29. The highest BCUT2D eigenvalue weighted by Gasteiger charge is 2.28. The zero-order valence-corrected chi connectivity index (χ0v) is 19.9. The van der Waals surface area contributed by atoms with Crippen LogP contribution in [-0.2, 0) is 0 Å². The SMILES string of the molecule is CNc1ccc(C(=O)NCC2CCCC(n3c(=O)c4c(C)onc4c4c(Cl)cccc43)C2)cn1. The average Bonchev–Trinajstić information content (AvgIpc) is 3.24. The van der Waals surface area contributed by atoms with Gasteiger partial charge in [0.2, 0.25) is 0 Å². The number of hydrogen-bond donors (Lipinski definition) is 2. The first kappa shape index (κ1) is 22.4. The van der Waals surface area contributed by atoms with Crippen LogP contribution in [0.4, 0.5) is 5.82 Å². The maximum Gasteiger partial charge on any atom is 0.264 e. The Bertz CT molecular complexity index is 1430. The van der Waals surface area contributed by atoms with Crippen LogP contribution in [0.2, 0.25) is 5.02 Å². The van der Waals surface area contributed by atoms with Gasteiger partial charge in [-0.2, -0.15) is 0 Å². The van der Waals surface area contributed by atoms with Crippen molar-refractivity contribution in [1.29, 1.82) is 0 Å². The van der Waals surface area contributed by atoms with E-state index in [0.29, 0.717) is 39.6 Å². The molecule has 0 aliphatic heterocycles. The minimum Gasteiger partial charge on any atom is -0.373 e. The lowest BCUT2D eigenvalue weighted by molar-refractivity contribution is 0.0940. The summed E-state index contributed by atoms with van der Waals surface area (Å²) >= 11 is 6.55. The highest BCUT2D eigenvalue weighted by atomic mass is 35.5. The molecule has 2 unspecified atom stereocenters. The van der Waals surface area contributed by atoms with E-state index in [4.69, 9.17) is 16.1 Å². The van der Waals surface area contributed by atoms with Gasteiger partial charge in [-0.15, -0.1) is 0 Å². The molecule has 34 heavy (non-hydrogen) atoms. The van der Waals surface area contributed by atoms with Gasteiger partial charge in [-0.3, -0.25) is 9.59 Å². The lowest BCUT2D eigenvalue weighted by atomic mass is 9.85. The van der Waals surface area contributed by atoms with Crippen LogP contribution < -0.4 is 16.2 Å². The Morgan fingerprint density at radius 3 is 2.85 bits per heavy atom. The minimum atomic E-state index is -0.145. The normalized spacial score (nSPS) is 18.3. The van der Waals surface area contributed by atoms with E-state index < -0.39 is 0 Å². The van der Waals surface area contributed by atoms with E-state index in [1.807, 2.05) is 16.7 Å². The summed E-state index contributed by atoms with van der Waals surface area (Å²) in [5, 5.41) is 11.9. The van der Waals surface area contributed by atoms with Crippen molar-refractivity contribution in [2.24, 2.45) is 5.92 Å². The number of carbonyl (C=O) groups is 1. The van der Waals surface area contributed by atoms with Gasteiger partial charge in [-0.25, -0.2) is 4.98 Å². The second-order valence-electron chi connectivity index (χ2n) is 8.85. The number of aromatic nitrogens is 3. The van der Waals surface area contributed by atoms with E-state index in [1.165, 1.54) is 0 Å². The Morgan fingerprint density at radius 2 is 2.09 bits per heavy atom. The van der Waals surface area contributed by atoms with Gasteiger partial charge in [0.1, 0.15) is 22.5 Å². The largest absolute Gasteiger partial charge is 0.373 e. The van der Waals surface area contributed by atoms with Gasteiger partial charge < -0.3 is 19.7 Å². The van der Waals surface area contributed by atoms with E-state index in [-0.39, 0.29) is 23.4 Å². The molecule has 8 nitrogen and oxygen atoms in total. The van der Waals surface area contributed by atoms with Crippen molar-refractivity contribution in [3.8, 4) is 0 Å². The van der Waals surface area contributed by atoms with Gasteiger partial charge in [0, 0.05) is 31.2 Å². The quantitative estimate of drug-likeness (QED) is 0.430. The molecule has 0 bridgehead atoms. The summed E-state index contributed by atoms with van der Waals surface area (Å²) in [5.74, 6) is 1.32. The average molecular weight is 480 g/mol. The standard InChI is InChI=1S/C25H26ClN5O3/c1-14-21-23(30-34-14)22-18(26)7-4-8-19(22)31(25(21)33)17-6-3-5-15(11-17)12-29-24(32)16-9-10-20(27-2)28-13-16/h4,7-10,13,15,17H,3,5-6,11-12H2,1-2H3,(H,27,28)(H,29,32). The first-order valence-corrected chi connectivity index (χ1v) is 11.9. The topological polar surface area (TPSA) is 102 Å². The van der Waals surface area contributed by atoms with Crippen molar-refractivity contribution in [3.05, 3.63) is 63.2 Å². The number of hydrogen-bond acceptors (Lipinski definition) is 6. The zero-order chi connectivity index (χ0) is 23.8. The van der Waals surface area contributed by atoms with Crippen molar-refractivity contribution >= 4 is 45.1 Å². The zero-order valence-electron chi connectivity index (χ0n) is 19.1. The highest BCUT2D eigenvalue weighted by molar-refractivity contribution is 6.37. The first-order chi connectivity index (χ1) is 16.5. The van der Waals surface area contributed by atoms with Crippen LogP contribution in [0.3, 0.4) is 0 Å². The maximum absolute atomic E-state index is 13.6. The predicted octanol–water partition coefficient (Wildman–Crippen LogP) is 4.70. The van der Waals surface area contributed by atoms with Gasteiger partial charge in [-0.1, -0.05) is 29.2 Å². The molecule has 0 spiro atoms. The Morgan fingerprint density at radius 1 is 1.24 bits per heavy atom. The Hall–Kier alpha value is -3.39. The van der Waals surface area contributed by atoms with Crippen molar-refractivity contribution in [1.82, 2.24) is 20.0 Å². The molecule has 1 aliphatic rings. The molecule has 1 aliphatic carbocycles. The molecule has 1 amide bonds. The van der Waals surface area contributed by atoms with Gasteiger partial charge in [0.15, 0.2) is 0 Å². The molecule has 4 aromatic rings. The monoisotopic (exact) mass is 479 g/mol. The number of amides is 1. The summed E-state index contributed by atoms with van der Waals surface area (Å²) in [6.45, 7) is 2.30. The molecule has 1 aromatic carbocycles. The third kappa shape index (κ3) is 3.92. The van der Waals surface area contributed by atoms with Crippen molar-refractivity contribution in [2.75, 3.05) is 18.9 Å². The number of nitrogens with one attached hydrogen (secondary N) is 2. The second-order valence-corrected chi connectivity index (χ2v) is 9.26. The van der Waals surface area contributed by atoms with Crippen LogP contribution in [0.15, 0.2) is 45.8 Å². The number of anilines is 1. The first-order valence-electron chi connectivity index (χ1n) is 11.5. The maximum atomic E-state index is 13.6. The van der Waals surface area contributed by atoms with Crippen LogP contribution >= 0.6 is 11.6 Å². The summed E-state index contributed by atoms with van der Waals surface area (Å²) < 4.78 is 7.23. The molecule has 1 saturated carbocycles. The fourth-order valence-electron chi connectivity index (χ4n) is 5.03. The lowest BCUT2D eigenvalue weighted by Crippen LogP contribution is -2.34. The van der Waals surface area contributed by atoms with Gasteiger partial charge in [0.25, 0.3) is 11.5 Å². The summed E-state index contributed by atoms with van der Waals surface area (Å²) in [7, 11) is 1.78. The summed E-state index contributed by atoms with van der Waals surface area (Å²) in [5.41, 5.74) is 1.70. The number of aryl methyl sites for hydroxylation is 1. The third-order valence-electron chi connectivity index (χ3n) is 6.74. The molecular formula is C25H26ClN5O3. The number of pyridine rings is 2. The van der Waals surface area contributed by atoms with Crippen molar-refractivity contribution < 1.29 is 9.32 Å². The summed E-state index contributed by atoms with van der Waals surface area (Å²) in [4.78, 5) is 30.4. The number of halogens is 1. The van der Waals surface area contributed by atoms with Crippen LogP contribution in [0.5, 0.6) is 0 Å². The number of benzene rings is 1. The highest BCUT2D eigenvalue weighted by Crippen LogP contribution is 2.36. The lowest BCUT2D eigenvalue weighted by Gasteiger charge is -2.31. The number of carbonyl (C=O) groups excluding carboxylic acids is 1. The van der Waals surface area contributed by atoms with Crippen molar-refractivity contribution in [3.63, 3.8) is 0 Å². The Kier molecular flexibility index (Phi) is 6.00. The third-order valence-corrected chi connectivity index (χ3v) is 7.05. The van der Waals surface area contributed by atoms with Gasteiger partial charge in [0.05, 0.1) is 16.1 Å². The number of rotatable bonds is 5. The molecule has 2 N–H and O–H groups in total. The molecule has 1 fully saturated rings. The second kappa shape index (κ2) is 9.10. The fraction of sp³-hybridized carbons (Fsp3) is 0.360. The number of fused-ring (bicyclic) bond motifs is 3. The molecule has 3 heterocycles. The predicted molar refractivity (Wildman–Crippen MR) is 133 cm³/mol. The van der Waals surface area contributed by atoms with Crippen LogP contribution in [0.25, 0.3) is 21.8 Å². The minimum absolute atomic E-state index is 0.000558. The number of nitrogens with zero attached hydrogens (tertiary/aromatic N) is 3. The Labute approximate surface area is 201 Å². The van der Waals surface area contributed by atoms with Gasteiger partial charge in [-0.05, 0) is 56.4 Å². The van der Waals surface area contributed by atoms with E-state index in [9.17, 15) is 9.59 Å². The Balaban J connectivity index is 1.41.